The zero-order valence-electron chi connectivity index (χ0n) is 9.86. The van der Waals surface area contributed by atoms with Gasteiger partial charge in [-0.05, 0) is 6.92 Å². The number of amides is 1. The first kappa shape index (κ1) is 16.5. The first-order valence-electron chi connectivity index (χ1n) is 4.86. The van der Waals surface area contributed by atoms with Crippen LogP contribution in [0.25, 0.3) is 0 Å². The van der Waals surface area contributed by atoms with Crippen molar-refractivity contribution in [2.45, 2.75) is 32.1 Å². The van der Waals surface area contributed by atoms with Crippen LogP contribution in [0.2, 0.25) is 0 Å². The molecule has 17 heavy (non-hydrogen) atoms. The Morgan fingerprint density at radius 1 is 1.47 bits per heavy atom. The van der Waals surface area contributed by atoms with E-state index < -0.39 is 38.6 Å². The molecule has 0 radical (unpaired) electrons. The fraction of sp³-hybridized carbons (Fsp3) is 0.875. The molecule has 0 aliphatic carbocycles. The third-order valence-electron chi connectivity index (χ3n) is 1.94. The molecule has 0 rings (SSSR count). The van der Waals surface area contributed by atoms with Gasteiger partial charge in [0.15, 0.2) is 0 Å². The molecule has 0 aromatic heterocycles. The number of hydrogen-bond donors (Lipinski definition) is 4. The van der Waals surface area contributed by atoms with Crippen molar-refractivity contribution < 1.29 is 33.5 Å². The van der Waals surface area contributed by atoms with E-state index in [9.17, 15) is 19.6 Å². The van der Waals surface area contributed by atoms with Gasteiger partial charge < -0.3 is 20.4 Å². The summed E-state index contributed by atoms with van der Waals surface area (Å²) < 4.78 is 19.7. The van der Waals surface area contributed by atoms with Crippen molar-refractivity contribution in [3.8, 4) is 0 Å². The van der Waals surface area contributed by atoms with E-state index in [0.29, 0.717) is 0 Å². The van der Waals surface area contributed by atoms with Gasteiger partial charge in [-0.1, -0.05) is 0 Å². The van der Waals surface area contributed by atoms with E-state index in [1.165, 1.54) is 13.8 Å². The largest absolute Gasteiger partial charge is 0.471 e. The van der Waals surface area contributed by atoms with Gasteiger partial charge in [-0.2, -0.15) is 0 Å². The summed E-state index contributed by atoms with van der Waals surface area (Å²) in [5, 5.41) is 21.0. The molecule has 0 heterocycles. The van der Waals surface area contributed by atoms with Crippen LogP contribution in [0, 0.1) is 0 Å². The molecular formula is C8H18NO7P. The highest BCUT2D eigenvalue weighted by molar-refractivity contribution is 7.47. The summed E-state index contributed by atoms with van der Waals surface area (Å²) in [6.07, 6.45) is -2.45. The second-order valence-electron chi connectivity index (χ2n) is 3.49. The number of hydrogen-bond acceptors (Lipinski definition) is 6. The van der Waals surface area contributed by atoms with Gasteiger partial charge in [0.25, 0.3) is 0 Å². The Labute approximate surface area is 99.2 Å². The summed E-state index contributed by atoms with van der Waals surface area (Å²) in [5.41, 5.74) is 0. The van der Waals surface area contributed by atoms with Gasteiger partial charge in [-0.15, -0.1) is 0 Å². The number of rotatable bonds is 7. The number of phosphoric acid groups is 1. The Hall–Kier alpha value is -0.500. The van der Waals surface area contributed by atoms with E-state index in [1.54, 1.807) is 0 Å². The van der Waals surface area contributed by atoms with Crippen molar-refractivity contribution in [3.63, 3.8) is 0 Å². The van der Waals surface area contributed by atoms with Crippen LogP contribution in [-0.2, 0) is 18.4 Å². The predicted octanol–water partition coefficient (Wildman–Crippen LogP) is -1.00. The number of aliphatic hydroxyl groups excluding tert-OH is 2. The van der Waals surface area contributed by atoms with E-state index in [4.69, 9.17) is 4.89 Å². The maximum Gasteiger partial charge on any atom is 0.471 e. The molecule has 102 valence electrons. The minimum absolute atomic E-state index is 0.465. The second kappa shape index (κ2) is 7.05. The minimum atomic E-state index is -4.18. The summed E-state index contributed by atoms with van der Waals surface area (Å²) in [6, 6.07) is -1.01. The van der Waals surface area contributed by atoms with Crippen molar-refractivity contribution in [3.05, 3.63) is 0 Å². The SMILES string of the molecule is COP(=O)(O)OC[C@H](NC(C)=O)[C@H](O)[C@@H](C)O. The molecule has 0 aromatic carbocycles. The average Bonchev–Trinajstić information content (AvgIpc) is 2.22. The third kappa shape index (κ3) is 6.72. The van der Waals surface area contributed by atoms with Crippen molar-refractivity contribution >= 4 is 13.7 Å². The molecule has 8 nitrogen and oxygen atoms in total. The quantitative estimate of drug-likeness (QED) is 0.437. The molecule has 1 amide bonds. The molecule has 0 saturated carbocycles. The number of nitrogens with one attached hydrogen (secondary N) is 1. The first-order chi connectivity index (χ1) is 7.69. The Morgan fingerprint density at radius 3 is 2.35 bits per heavy atom. The number of carbonyl (C=O) groups excluding carboxylic acids is 1. The Balaban J connectivity index is 4.50. The Bertz CT molecular complexity index is 296. The molecule has 0 aliphatic heterocycles. The van der Waals surface area contributed by atoms with Gasteiger partial charge in [0.05, 0.1) is 18.8 Å². The summed E-state index contributed by atoms with van der Waals surface area (Å²) in [5.74, 6) is -0.469. The second-order valence-corrected chi connectivity index (χ2v) is 5.05. The highest BCUT2D eigenvalue weighted by Gasteiger charge is 2.28. The van der Waals surface area contributed by atoms with Gasteiger partial charge in [-0.25, -0.2) is 4.57 Å². The van der Waals surface area contributed by atoms with Gasteiger partial charge in [0, 0.05) is 14.0 Å². The molecule has 0 fully saturated rings. The van der Waals surface area contributed by atoms with Crippen molar-refractivity contribution in [1.29, 1.82) is 0 Å². The molecular weight excluding hydrogens is 253 g/mol. The molecule has 4 atom stereocenters. The van der Waals surface area contributed by atoms with Crippen molar-refractivity contribution in [2.24, 2.45) is 0 Å². The molecule has 0 saturated heterocycles. The van der Waals surface area contributed by atoms with Crippen molar-refractivity contribution in [2.75, 3.05) is 13.7 Å². The molecule has 4 N–H and O–H groups in total. The monoisotopic (exact) mass is 271 g/mol. The molecule has 0 aliphatic rings. The average molecular weight is 271 g/mol. The van der Waals surface area contributed by atoms with Crippen molar-refractivity contribution in [1.82, 2.24) is 5.32 Å². The summed E-state index contributed by atoms with van der Waals surface area (Å²) in [7, 11) is -3.20. The number of phosphoric ester groups is 1. The topological polar surface area (TPSA) is 125 Å². The highest BCUT2D eigenvalue weighted by atomic mass is 31.2. The zero-order chi connectivity index (χ0) is 13.6. The van der Waals surface area contributed by atoms with E-state index in [1.807, 2.05) is 0 Å². The van der Waals surface area contributed by atoms with Crippen LogP contribution in [0.5, 0.6) is 0 Å². The molecule has 0 aromatic rings. The Kier molecular flexibility index (Phi) is 6.84. The highest BCUT2D eigenvalue weighted by Crippen LogP contribution is 2.41. The lowest BCUT2D eigenvalue weighted by molar-refractivity contribution is -0.121. The number of carbonyl (C=O) groups is 1. The summed E-state index contributed by atoms with van der Waals surface area (Å²) >= 11 is 0. The van der Waals surface area contributed by atoms with Crippen LogP contribution in [0.1, 0.15) is 13.8 Å². The zero-order valence-corrected chi connectivity index (χ0v) is 10.8. The van der Waals surface area contributed by atoms with Crippen LogP contribution in [0.3, 0.4) is 0 Å². The van der Waals surface area contributed by atoms with Crippen LogP contribution >= 0.6 is 7.82 Å². The predicted molar refractivity (Wildman–Crippen MR) is 58.1 cm³/mol. The van der Waals surface area contributed by atoms with Gasteiger partial charge in [-0.3, -0.25) is 13.8 Å². The third-order valence-corrected chi connectivity index (χ3v) is 2.88. The van der Waals surface area contributed by atoms with Crippen LogP contribution in [0.4, 0.5) is 0 Å². The van der Waals surface area contributed by atoms with E-state index >= 15 is 0 Å². The maximum atomic E-state index is 11.0. The molecule has 0 bridgehead atoms. The lowest BCUT2D eigenvalue weighted by Crippen LogP contribution is -2.49. The molecule has 9 heteroatoms. The standard InChI is InChI=1S/C8H18NO7P/c1-5(10)8(12)7(9-6(2)11)4-16-17(13,14)15-3/h5,7-8,10,12H,4H2,1-3H3,(H,9,11)(H,13,14)/t5-,7+,8-/m1/s1. The lowest BCUT2D eigenvalue weighted by atomic mass is 10.1. The van der Waals surface area contributed by atoms with E-state index in [-0.39, 0.29) is 0 Å². The lowest BCUT2D eigenvalue weighted by Gasteiger charge is -2.25. The number of aliphatic hydroxyl groups is 2. The van der Waals surface area contributed by atoms with E-state index in [0.717, 1.165) is 7.11 Å². The minimum Gasteiger partial charge on any atom is -0.391 e. The fourth-order valence-corrected chi connectivity index (χ4v) is 1.50. The Morgan fingerprint density at radius 2 is 2.00 bits per heavy atom. The van der Waals surface area contributed by atoms with Crippen LogP contribution in [-0.4, -0.2) is 53.0 Å². The van der Waals surface area contributed by atoms with Crippen LogP contribution < -0.4 is 5.32 Å². The molecule has 0 spiro atoms. The fourth-order valence-electron chi connectivity index (χ4n) is 1.05. The van der Waals surface area contributed by atoms with Gasteiger partial charge in [0.2, 0.25) is 5.91 Å². The first-order valence-corrected chi connectivity index (χ1v) is 6.35. The van der Waals surface area contributed by atoms with Gasteiger partial charge >= 0.3 is 7.82 Å². The smallest absolute Gasteiger partial charge is 0.391 e. The maximum absolute atomic E-state index is 11.0. The summed E-state index contributed by atoms with van der Waals surface area (Å²) in [4.78, 5) is 19.8. The van der Waals surface area contributed by atoms with Gasteiger partial charge in [0.1, 0.15) is 6.10 Å². The van der Waals surface area contributed by atoms with E-state index in [2.05, 4.69) is 14.4 Å². The van der Waals surface area contributed by atoms with Crippen LogP contribution in [0.15, 0.2) is 0 Å². The normalized spacial score (nSPS) is 20.1. The molecule has 1 unspecified atom stereocenters. The summed E-state index contributed by atoms with van der Waals surface area (Å²) in [6.45, 7) is 2.05.